The zero-order valence-electron chi connectivity index (χ0n) is 12.2. The fourth-order valence-corrected chi connectivity index (χ4v) is 1.74. The average Bonchev–Trinajstić information content (AvgIpc) is 2.96. The summed E-state index contributed by atoms with van der Waals surface area (Å²) < 4.78 is 44.8. The molecule has 0 bridgehead atoms. The van der Waals surface area contributed by atoms with Crippen LogP contribution in [0.2, 0.25) is 0 Å². The van der Waals surface area contributed by atoms with Crippen LogP contribution >= 0.6 is 0 Å². The van der Waals surface area contributed by atoms with Crippen molar-refractivity contribution in [1.82, 2.24) is 20.0 Å². The Labute approximate surface area is 128 Å². The van der Waals surface area contributed by atoms with E-state index in [1.807, 2.05) is 0 Å². The number of aromatic nitrogens is 4. The van der Waals surface area contributed by atoms with Crippen molar-refractivity contribution >= 4 is 5.97 Å². The van der Waals surface area contributed by atoms with Crippen LogP contribution in [0.1, 0.15) is 18.2 Å². The van der Waals surface area contributed by atoms with Crippen molar-refractivity contribution in [2.45, 2.75) is 25.6 Å². The quantitative estimate of drug-likeness (QED) is 0.850. The molecule has 0 aromatic carbocycles. The number of rotatable bonds is 4. The van der Waals surface area contributed by atoms with Crippen LogP contribution in [0.4, 0.5) is 13.2 Å². The Balaban J connectivity index is 2.46. The summed E-state index contributed by atoms with van der Waals surface area (Å²) in [5.41, 5.74) is -4.05. The van der Waals surface area contributed by atoms with Gasteiger partial charge < -0.3 is 9.84 Å². The summed E-state index contributed by atoms with van der Waals surface area (Å²) in [5, 5.41) is 16.6. The molecule has 0 aliphatic rings. The van der Waals surface area contributed by atoms with Crippen LogP contribution < -0.4 is 0 Å². The number of ether oxygens (including phenoxy) is 1. The standard InChI is InChI=1S/C13H13F3N4O3/c1-3-23-11(21)12(22,13(14,15)16)9-7-20(19-18-9)10-5-4-8(2)6-17-10/h4-7,22H,3H2,1-2H3. The highest BCUT2D eigenvalue weighted by Crippen LogP contribution is 2.39. The molecule has 0 saturated heterocycles. The van der Waals surface area contributed by atoms with Crippen LogP contribution in [0.5, 0.6) is 0 Å². The number of carbonyl (C=O) groups excluding carboxylic acids is 1. The van der Waals surface area contributed by atoms with Gasteiger partial charge in [-0.05, 0) is 25.5 Å². The molecule has 2 aromatic rings. The Morgan fingerprint density at radius 3 is 2.61 bits per heavy atom. The minimum Gasteiger partial charge on any atom is -0.463 e. The molecule has 0 aliphatic carbocycles. The molecule has 0 aliphatic heterocycles. The van der Waals surface area contributed by atoms with Crippen molar-refractivity contribution in [3.05, 3.63) is 35.8 Å². The van der Waals surface area contributed by atoms with Gasteiger partial charge in [0, 0.05) is 6.20 Å². The predicted molar refractivity (Wildman–Crippen MR) is 70.5 cm³/mol. The molecule has 124 valence electrons. The van der Waals surface area contributed by atoms with E-state index in [2.05, 4.69) is 20.0 Å². The molecule has 10 heteroatoms. The monoisotopic (exact) mass is 330 g/mol. The Morgan fingerprint density at radius 2 is 2.09 bits per heavy atom. The molecule has 7 nitrogen and oxygen atoms in total. The maximum Gasteiger partial charge on any atom is 0.434 e. The number of pyridine rings is 1. The molecule has 2 heterocycles. The molecule has 0 fully saturated rings. The topological polar surface area (TPSA) is 90.1 Å². The van der Waals surface area contributed by atoms with Crippen molar-refractivity contribution in [2.75, 3.05) is 6.61 Å². The minimum absolute atomic E-state index is 0.183. The maximum absolute atomic E-state index is 13.2. The SMILES string of the molecule is CCOC(=O)C(O)(c1cn(-c2ccc(C)cn2)nn1)C(F)(F)F. The van der Waals surface area contributed by atoms with E-state index in [1.54, 1.807) is 13.0 Å². The molecule has 1 atom stereocenters. The minimum atomic E-state index is -5.32. The van der Waals surface area contributed by atoms with Gasteiger partial charge in [-0.15, -0.1) is 5.10 Å². The van der Waals surface area contributed by atoms with Gasteiger partial charge in [0.1, 0.15) is 5.69 Å². The van der Waals surface area contributed by atoms with E-state index in [1.165, 1.54) is 19.2 Å². The highest BCUT2D eigenvalue weighted by molar-refractivity contribution is 5.81. The van der Waals surface area contributed by atoms with Crippen molar-refractivity contribution in [3.8, 4) is 5.82 Å². The average molecular weight is 330 g/mol. The summed E-state index contributed by atoms with van der Waals surface area (Å²) in [6.45, 7) is 2.78. The van der Waals surface area contributed by atoms with Crippen LogP contribution in [0.25, 0.3) is 5.82 Å². The van der Waals surface area contributed by atoms with E-state index in [0.717, 1.165) is 16.4 Å². The highest BCUT2D eigenvalue weighted by Gasteiger charge is 2.64. The zero-order chi connectivity index (χ0) is 17.3. The molecule has 1 unspecified atom stereocenters. The summed E-state index contributed by atoms with van der Waals surface area (Å²) in [6, 6.07) is 3.18. The second kappa shape index (κ2) is 5.95. The Bertz CT molecular complexity index is 699. The van der Waals surface area contributed by atoms with Crippen LogP contribution in [-0.2, 0) is 15.1 Å². The van der Waals surface area contributed by atoms with Gasteiger partial charge in [-0.25, -0.2) is 14.5 Å². The Morgan fingerprint density at radius 1 is 1.39 bits per heavy atom. The van der Waals surface area contributed by atoms with Crippen LogP contribution in [-0.4, -0.2) is 43.8 Å². The first-order chi connectivity index (χ1) is 10.7. The van der Waals surface area contributed by atoms with Gasteiger partial charge in [0.2, 0.25) is 0 Å². The summed E-state index contributed by atoms with van der Waals surface area (Å²) >= 11 is 0. The number of carbonyl (C=O) groups is 1. The normalized spacial score (nSPS) is 14.3. The lowest BCUT2D eigenvalue weighted by atomic mass is 10.00. The summed E-state index contributed by atoms with van der Waals surface area (Å²) in [6.07, 6.45) is -3.05. The van der Waals surface area contributed by atoms with Gasteiger partial charge in [-0.1, -0.05) is 11.3 Å². The van der Waals surface area contributed by atoms with Gasteiger partial charge in [-0.3, -0.25) is 0 Å². The molecular formula is C13H13F3N4O3. The molecular weight excluding hydrogens is 317 g/mol. The smallest absolute Gasteiger partial charge is 0.434 e. The van der Waals surface area contributed by atoms with Crippen LogP contribution in [0.15, 0.2) is 24.5 Å². The largest absolute Gasteiger partial charge is 0.463 e. The van der Waals surface area contributed by atoms with Crippen molar-refractivity contribution in [3.63, 3.8) is 0 Å². The van der Waals surface area contributed by atoms with Crippen LogP contribution in [0.3, 0.4) is 0 Å². The number of aliphatic hydroxyl groups is 1. The lowest BCUT2D eigenvalue weighted by molar-refractivity contribution is -0.269. The third-order valence-corrected chi connectivity index (χ3v) is 2.98. The summed E-state index contributed by atoms with van der Waals surface area (Å²) in [7, 11) is 0. The molecule has 0 radical (unpaired) electrons. The molecule has 0 spiro atoms. The molecule has 23 heavy (non-hydrogen) atoms. The lowest BCUT2D eigenvalue weighted by Gasteiger charge is -2.25. The fourth-order valence-electron chi connectivity index (χ4n) is 1.74. The van der Waals surface area contributed by atoms with Gasteiger partial charge >= 0.3 is 17.7 Å². The van der Waals surface area contributed by atoms with E-state index < -0.39 is 23.4 Å². The van der Waals surface area contributed by atoms with E-state index in [-0.39, 0.29) is 12.4 Å². The zero-order valence-corrected chi connectivity index (χ0v) is 12.2. The second-order valence-electron chi connectivity index (χ2n) is 4.67. The maximum atomic E-state index is 13.2. The number of esters is 1. The van der Waals surface area contributed by atoms with Crippen molar-refractivity contribution in [2.24, 2.45) is 0 Å². The number of alkyl halides is 3. The van der Waals surface area contributed by atoms with Crippen LogP contribution in [0, 0.1) is 6.92 Å². The highest BCUT2D eigenvalue weighted by atomic mass is 19.4. The Kier molecular flexibility index (Phi) is 4.37. The fraction of sp³-hybridized carbons (Fsp3) is 0.385. The third-order valence-electron chi connectivity index (χ3n) is 2.98. The molecule has 2 rings (SSSR count). The molecule has 0 amide bonds. The van der Waals surface area contributed by atoms with E-state index in [9.17, 15) is 23.1 Å². The summed E-state index contributed by atoms with van der Waals surface area (Å²) in [4.78, 5) is 15.6. The Hall–Kier alpha value is -2.49. The number of halogens is 3. The molecule has 0 saturated carbocycles. The van der Waals surface area contributed by atoms with Gasteiger partial charge in [0.05, 0.1) is 12.8 Å². The van der Waals surface area contributed by atoms with E-state index in [0.29, 0.717) is 0 Å². The van der Waals surface area contributed by atoms with Crippen molar-refractivity contribution in [1.29, 1.82) is 0 Å². The second-order valence-corrected chi connectivity index (χ2v) is 4.67. The lowest BCUT2D eigenvalue weighted by Crippen LogP contribution is -2.50. The molecule has 1 N–H and O–H groups in total. The number of nitrogens with zero attached hydrogens (tertiary/aromatic N) is 4. The number of aryl methyl sites for hydroxylation is 1. The van der Waals surface area contributed by atoms with Gasteiger partial charge in [0.15, 0.2) is 5.82 Å². The first-order valence-corrected chi connectivity index (χ1v) is 6.52. The number of hydrogen-bond donors (Lipinski definition) is 1. The summed E-state index contributed by atoms with van der Waals surface area (Å²) in [5.74, 6) is -1.68. The molecule has 2 aromatic heterocycles. The van der Waals surface area contributed by atoms with E-state index >= 15 is 0 Å². The number of hydrogen-bond acceptors (Lipinski definition) is 6. The van der Waals surface area contributed by atoms with Gasteiger partial charge in [0.25, 0.3) is 0 Å². The van der Waals surface area contributed by atoms with Gasteiger partial charge in [-0.2, -0.15) is 13.2 Å². The first kappa shape index (κ1) is 16.9. The first-order valence-electron chi connectivity index (χ1n) is 6.52. The predicted octanol–water partition coefficient (Wildman–Crippen LogP) is 1.28. The van der Waals surface area contributed by atoms with E-state index in [4.69, 9.17) is 0 Å². The van der Waals surface area contributed by atoms with Crippen molar-refractivity contribution < 1.29 is 27.8 Å². The third kappa shape index (κ3) is 3.02.